The lowest BCUT2D eigenvalue weighted by Crippen LogP contribution is -2.19. The zero-order valence-corrected chi connectivity index (χ0v) is 11.1. The van der Waals surface area contributed by atoms with Gasteiger partial charge in [0.1, 0.15) is 0 Å². The van der Waals surface area contributed by atoms with E-state index in [1.807, 2.05) is 0 Å². The minimum absolute atomic E-state index is 0.293. The van der Waals surface area contributed by atoms with Gasteiger partial charge < -0.3 is 5.32 Å². The van der Waals surface area contributed by atoms with Gasteiger partial charge >= 0.3 is 0 Å². The number of hydrogen-bond donors (Lipinski definition) is 1. The van der Waals surface area contributed by atoms with Crippen molar-refractivity contribution in [3.8, 4) is 0 Å². The molecular weight excluding hydrogens is 271 g/mol. The Bertz CT molecular complexity index is 393. The fourth-order valence-electron chi connectivity index (χ4n) is 2.27. The lowest BCUT2D eigenvalue weighted by molar-refractivity contribution is 0.378. The summed E-state index contributed by atoms with van der Waals surface area (Å²) in [5.41, 5.74) is 0.365. The molecule has 0 bridgehead atoms. The van der Waals surface area contributed by atoms with Gasteiger partial charge in [0.15, 0.2) is 11.6 Å². The average Bonchev–Trinajstić information content (AvgIpc) is 2.51. The maximum absolute atomic E-state index is 13.5. The Kier molecular flexibility index (Phi) is 3.19. The first-order valence-corrected chi connectivity index (χ1v) is 6.33. The third kappa shape index (κ3) is 2.73. The largest absolute Gasteiger partial charge is 0.365 e. The maximum atomic E-state index is 13.5. The van der Waals surface area contributed by atoms with Crippen LogP contribution in [0.2, 0.25) is 0 Å². The van der Waals surface area contributed by atoms with E-state index in [9.17, 15) is 4.39 Å². The van der Waals surface area contributed by atoms with E-state index in [-0.39, 0.29) is 5.82 Å². The van der Waals surface area contributed by atoms with E-state index in [1.54, 1.807) is 6.20 Å². The highest BCUT2D eigenvalue weighted by atomic mass is 79.9. The predicted octanol–water partition coefficient (Wildman–Crippen LogP) is 3.97. The minimum atomic E-state index is -0.293. The van der Waals surface area contributed by atoms with E-state index in [2.05, 4.69) is 40.1 Å². The van der Waals surface area contributed by atoms with Gasteiger partial charge in [-0.3, -0.25) is 0 Å². The van der Waals surface area contributed by atoms with Crippen molar-refractivity contribution < 1.29 is 4.39 Å². The standard InChI is InChI=1S/C12H16BrFN2/c1-12(2)4-3-9(6-12)16-11-10(14)5-8(13)7-15-11/h5,7,9H,3-4,6H2,1-2H3,(H,15,16). The van der Waals surface area contributed by atoms with Gasteiger partial charge in [-0.15, -0.1) is 0 Å². The number of nitrogens with zero attached hydrogens (tertiary/aromatic N) is 1. The number of halogens is 2. The lowest BCUT2D eigenvalue weighted by atomic mass is 9.92. The number of rotatable bonds is 2. The molecule has 2 nitrogen and oxygen atoms in total. The van der Waals surface area contributed by atoms with Crippen LogP contribution >= 0.6 is 15.9 Å². The van der Waals surface area contributed by atoms with E-state index in [4.69, 9.17) is 0 Å². The topological polar surface area (TPSA) is 24.9 Å². The van der Waals surface area contributed by atoms with Crippen LogP contribution in [0.3, 0.4) is 0 Å². The molecule has 1 fully saturated rings. The van der Waals surface area contributed by atoms with Crippen molar-refractivity contribution in [2.45, 2.75) is 39.2 Å². The summed E-state index contributed by atoms with van der Waals surface area (Å²) >= 11 is 3.20. The van der Waals surface area contributed by atoms with E-state index in [1.165, 1.54) is 12.5 Å². The first-order chi connectivity index (χ1) is 7.46. The van der Waals surface area contributed by atoms with Gasteiger partial charge in [0.05, 0.1) is 0 Å². The smallest absolute Gasteiger partial charge is 0.166 e. The molecular formula is C12H16BrFN2. The lowest BCUT2D eigenvalue weighted by Gasteiger charge is -2.18. The molecule has 2 rings (SSSR count). The fourth-order valence-corrected chi connectivity index (χ4v) is 2.58. The normalized spacial score (nSPS) is 23.4. The molecule has 1 aromatic heterocycles. The SMILES string of the molecule is CC1(C)CCC(Nc2ncc(Br)cc2F)C1. The average molecular weight is 287 g/mol. The van der Waals surface area contributed by atoms with Crippen LogP contribution in [0.25, 0.3) is 0 Å². The van der Waals surface area contributed by atoms with E-state index in [0.29, 0.717) is 21.7 Å². The summed E-state index contributed by atoms with van der Waals surface area (Å²) in [4.78, 5) is 4.06. The second-order valence-corrected chi connectivity index (χ2v) is 6.15. The molecule has 1 N–H and O–H groups in total. The molecule has 0 saturated heterocycles. The molecule has 4 heteroatoms. The molecule has 1 aliphatic rings. The Labute approximate surface area is 104 Å². The molecule has 16 heavy (non-hydrogen) atoms. The summed E-state index contributed by atoms with van der Waals surface area (Å²) in [5.74, 6) is 0.0741. The van der Waals surface area contributed by atoms with Gasteiger partial charge in [-0.1, -0.05) is 13.8 Å². The van der Waals surface area contributed by atoms with Gasteiger partial charge in [0, 0.05) is 16.7 Å². The van der Waals surface area contributed by atoms with E-state index >= 15 is 0 Å². The van der Waals surface area contributed by atoms with Crippen molar-refractivity contribution in [1.82, 2.24) is 4.98 Å². The van der Waals surface area contributed by atoms with Gasteiger partial charge in [0.25, 0.3) is 0 Å². The second-order valence-electron chi connectivity index (χ2n) is 5.23. The quantitative estimate of drug-likeness (QED) is 0.890. The van der Waals surface area contributed by atoms with Crippen LogP contribution in [-0.2, 0) is 0 Å². The van der Waals surface area contributed by atoms with Crippen LogP contribution in [-0.4, -0.2) is 11.0 Å². The molecule has 1 aliphatic carbocycles. The highest BCUT2D eigenvalue weighted by molar-refractivity contribution is 9.10. The first kappa shape index (κ1) is 11.8. The molecule has 1 unspecified atom stereocenters. The van der Waals surface area contributed by atoms with Crippen molar-refractivity contribution in [3.63, 3.8) is 0 Å². The Morgan fingerprint density at radius 1 is 1.56 bits per heavy atom. The first-order valence-electron chi connectivity index (χ1n) is 5.54. The van der Waals surface area contributed by atoms with Gasteiger partial charge in [-0.2, -0.15) is 0 Å². The molecule has 0 amide bonds. The Morgan fingerprint density at radius 2 is 2.31 bits per heavy atom. The van der Waals surface area contributed by atoms with Gasteiger partial charge in [-0.05, 0) is 46.7 Å². The Balaban J connectivity index is 2.05. The summed E-state index contributed by atoms with van der Waals surface area (Å²) in [7, 11) is 0. The number of aromatic nitrogens is 1. The van der Waals surface area contributed by atoms with Crippen molar-refractivity contribution in [2.75, 3.05) is 5.32 Å². The predicted molar refractivity (Wildman–Crippen MR) is 66.9 cm³/mol. The Morgan fingerprint density at radius 3 is 2.88 bits per heavy atom. The highest BCUT2D eigenvalue weighted by Crippen LogP contribution is 2.38. The van der Waals surface area contributed by atoms with Gasteiger partial charge in [0.2, 0.25) is 0 Å². The van der Waals surface area contributed by atoms with Crippen LogP contribution in [0.4, 0.5) is 10.2 Å². The summed E-state index contributed by atoms with van der Waals surface area (Å²) in [6.45, 7) is 4.50. The fraction of sp³-hybridized carbons (Fsp3) is 0.583. The van der Waals surface area contributed by atoms with Crippen molar-refractivity contribution >= 4 is 21.7 Å². The molecule has 0 aromatic carbocycles. The van der Waals surface area contributed by atoms with Crippen LogP contribution < -0.4 is 5.32 Å². The summed E-state index contributed by atoms with van der Waals surface area (Å²) in [5, 5.41) is 3.19. The summed E-state index contributed by atoms with van der Waals surface area (Å²) in [6.07, 6.45) is 4.96. The second kappa shape index (κ2) is 4.32. The number of pyridine rings is 1. The van der Waals surface area contributed by atoms with E-state index in [0.717, 1.165) is 12.8 Å². The Hall–Kier alpha value is -0.640. The minimum Gasteiger partial charge on any atom is -0.365 e. The maximum Gasteiger partial charge on any atom is 0.166 e. The molecule has 1 atom stereocenters. The van der Waals surface area contributed by atoms with Crippen molar-refractivity contribution in [1.29, 1.82) is 0 Å². The summed E-state index contributed by atoms with van der Waals surface area (Å²) in [6, 6.07) is 1.79. The van der Waals surface area contributed by atoms with Crippen LogP contribution in [0.15, 0.2) is 16.7 Å². The number of anilines is 1. The van der Waals surface area contributed by atoms with Crippen LogP contribution in [0, 0.1) is 11.2 Å². The molecule has 1 saturated carbocycles. The third-order valence-electron chi connectivity index (χ3n) is 3.12. The molecule has 0 spiro atoms. The van der Waals surface area contributed by atoms with Crippen LogP contribution in [0.1, 0.15) is 33.1 Å². The third-order valence-corrected chi connectivity index (χ3v) is 3.55. The van der Waals surface area contributed by atoms with Gasteiger partial charge in [-0.25, -0.2) is 9.37 Å². The zero-order chi connectivity index (χ0) is 11.8. The van der Waals surface area contributed by atoms with Crippen molar-refractivity contribution in [3.05, 3.63) is 22.6 Å². The van der Waals surface area contributed by atoms with E-state index < -0.39 is 0 Å². The monoisotopic (exact) mass is 286 g/mol. The molecule has 88 valence electrons. The molecule has 0 aliphatic heterocycles. The highest BCUT2D eigenvalue weighted by Gasteiger charge is 2.31. The summed E-state index contributed by atoms with van der Waals surface area (Å²) < 4.78 is 14.2. The molecule has 0 radical (unpaired) electrons. The van der Waals surface area contributed by atoms with Crippen molar-refractivity contribution in [2.24, 2.45) is 5.41 Å². The number of nitrogens with one attached hydrogen (secondary N) is 1. The molecule has 1 aromatic rings. The number of hydrogen-bond acceptors (Lipinski definition) is 2. The zero-order valence-electron chi connectivity index (χ0n) is 9.56. The molecule has 1 heterocycles. The van der Waals surface area contributed by atoms with Crippen LogP contribution in [0.5, 0.6) is 0 Å².